The van der Waals surface area contributed by atoms with Gasteiger partial charge in [0.05, 0.1) is 12.0 Å². The molecule has 0 aliphatic heterocycles. The van der Waals surface area contributed by atoms with Gasteiger partial charge in [-0.05, 0) is 17.4 Å². The van der Waals surface area contributed by atoms with Crippen LogP contribution in [-0.4, -0.2) is 43.8 Å². The minimum absolute atomic E-state index is 0.563. The average molecular weight is 294 g/mol. The van der Waals surface area contributed by atoms with E-state index in [0.29, 0.717) is 18.5 Å². The standard InChI is InChI=1S/C14H22N4OS/c1-10(2)9-18(6-7-19-4)12-11-5-8-20-13(11)17-14(15-3)16-12/h5,8,10H,6-7,9H2,1-4H3,(H,15,16,17). The fraction of sp³-hybridized carbons (Fsp3) is 0.571. The van der Waals surface area contributed by atoms with Crippen LogP contribution in [0, 0.1) is 5.92 Å². The number of thiophene rings is 1. The molecular formula is C14H22N4OS. The summed E-state index contributed by atoms with van der Waals surface area (Å²) in [5.74, 6) is 2.22. The van der Waals surface area contributed by atoms with Crippen LogP contribution < -0.4 is 10.2 Å². The van der Waals surface area contributed by atoms with Crippen molar-refractivity contribution < 1.29 is 4.74 Å². The Kier molecular flexibility index (Phi) is 5.14. The summed E-state index contributed by atoms with van der Waals surface area (Å²) in [4.78, 5) is 12.4. The van der Waals surface area contributed by atoms with Gasteiger partial charge in [0.2, 0.25) is 5.95 Å². The zero-order valence-corrected chi connectivity index (χ0v) is 13.3. The second kappa shape index (κ2) is 6.85. The van der Waals surface area contributed by atoms with Crippen LogP contribution in [0.15, 0.2) is 11.4 Å². The van der Waals surface area contributed by atoms with Gasteiger partial charge in [0.1, 0.15) is 10.6 Å². The van der Waals surface area contributed by atoms with Gasteiger partial charge in [0.25, 0.3) is 0 Å². The van der Waals surface area contributed by atoms with Crippen LogP contribution in [0.1, 0.15) is 13.8 Å². The van der Waals surface area contributed by atoms with Gasteiger partial charge in [-0.15, -0.1) is 11.3 Å². The molecule has 0 atom stereocenters. The van der Waals surface area contributed by atoms with E-state index in [1.165, 1.54) is 0 Å². The quantitative estimate of drug-likeness (QED) is 0.851. The Bertz CT molecular complexity index is 555. The van der Waals surface area contributed by atoms with Gasteiger partial charge in [-0.3, -0.25) is 0 Å². The van der Waals surface area contributed by atoms with Crippen LogP contribution in [0.2, 0.25) is 0 Å². The summed E-state index contributed by atoms with van der Waals surface area (Å²) in [5, 5.41) is 6.22. The number of rotatable bonds is 7. The molecule has 0 aromatic carbocycles. The lowest BCUT2D eigenvalue weighted by Crippen LogP contribution is -2.32. The fourth-order valence-electron chi connectivity index (χ4n) is 2.12. The molecule has 110 valence electrons. The zero-order chi connectivity index (χ0) is 14.5. The molecule has 0 aliphatic rings. The van der Waals surface area contributed by atoms with Gasteiger partial charge >= 0.3 is 0 Å². The first-order chi connectivity index (χ1) is 9.65. The van der Waals surface area contributed by atoms with E-state index in [4.69, 9.17) is 4.74 Å². The van der Waals surface area contributed by atoms with Crippen molar-refractivity contribution in [2.75, 3.05) is 44.1 Å². The number of methoxy groups -OCH3 is 1. The topological polar surface area (TPSA) is 50.3 Å². The van der Waals surface area contributed by atoms with Crippen LogP contribution >= 0.6 is 11.3 Å². The number of hydrogen-bond donors (Lipinski definition) is 1. The maximum Gasteiger partial charge on any atom is 0.225 e. The van der Waals surface area contributed by atoms with Crippen LogP contribution in [0.5, 0.6) is 0 Å². The number of nitrogens with one attached hydrogen (secondary N) is 1. The van der Waals surface area contributed by atoms with Gasteiger partial charge in [-0.25, -0.2) is 4.98 Å². The van der Waals surface area contributed by atoms with Crippen LogP contribution in [0.4, 0.5) is 11.8 Å². The number of hydrogen-bond acceptors (Lipinski definition) is 6. The Labute approximate surface area is 124 Å². The molecule has 0 unspecified atom stereocenters. The monoisotopic (exact) mass is 294 g/mol. The van der Waals surface area contributed by atoms with Gasteiger partial charge in [0, 0.05) is 27.2 Å². The van der Waals surface area contributed by atoms with E-state index in [1.807, 2.05) is 7.05 Å². The zero-order valence-electron chi connectivity index (χ0n) is 12.5. The summed E-state index contributed by atoms with van der Waals surface area (Å²) in [5.41, 5.74) is 0. The highest BCUT2D eigenvalue weighted by molar-refractivity contribution is 7.16. The Morgan fingerprint density at radius 1 is 1.40 bits per heavy atom. The van der Waals surface area contributed by atoms with Crippen molar-refractivity contribution in [2.24, 2.45) is 5.92 Å². The van der Waals surface area contributed by atoms with E-state index in [9.17, 15) is 0 Å². The van der Waals surface area contributed by atoms with Gasteiger partial charge in [-0.1, -0.05) is 13.8 Å². The summed E-state index contributed by atoms with van der Waals surface area (Å²) < 4.78 is 5.23. The molecule has 2 heterocycles. The molecule has 1 N–H and O–H groups in total. The second-order valence-electron chi connectivity index (χ2n) is 5.09. The maximum absolute atomic E-state index is 5.23. The Hall–Kier alpha value is -1.40. The number of ether oxygens (including phenoxy) is 1. The molecule has 5 nitrogen and oxygen atoms in total. The minimum atomic E-state index is 0.563. The molecular weight excluding hydrogens is 272 g/mol. The van der Waals surface area contributed by atoms with Crippen molar-refractivity contribution in [1.29, 1.82) is 0 Å². The number of aromatic nitrogens is 2. The number of anilines is 2. The fourth-order valence-corrected chi connectivity index (χ4v) is 2.88. The summed E-state index contributed by atoms with van der Waals surface area (Å²) in [6.45, 7) is 6.90. The van der Waals surface area contributed by atoms with E-state index >= 15 is 0 Å². The second-order valence-corrected chi connectivity index (χ2v) is 5.99. The predicted octanol–water partition coefficient (Wildman–Crippen LogP) is 2.84. The molecule has 0 saturated heterocycles. The molecule has 2 aromatic heterocycles. The molecule has 0 spiro atoms. The molecule has 2 rings (SSSR count). The Morgan fingerprint density at radius 3 is 2.85 bits per heavy atom. The largest absolute Gasteiger partial charge is 0.383 e. The summed E-state index contributed by atoms with van der Waals surface area (Å²) in [6, 6.07) is 2.09. The Morgan fingerprint density at radius 2 is 2.20 bits per heavy atom. The maximum atomic E-state index is 5.23. The van der Waals surface area contributed by atoms with Crippen molar-refractivity contribution in [1.82, 2.24) is 9.97 Å². The van der Waals surface area contributed by atoms with Gasteiger partial charge in [-0.2, -0.15) is 4.98 Å². The lowest BCUT2D eigenvalue weighted by Gasteiger charge is -2.26. The van der Waals surface area contributed by atoms with Crippen molar-refractivity contribution in [3.63, 3.8) is 0 Å². The first-order valence-electron chi connectivity index (χ1n) is 6.82. The predicted molar refractivity (Wildman–Crippen MR) is 85.9 cm³/mol. The average Bonchev–Trinajstić information content (AvgIpc) is 2.90. The SMILES string of the molecule is CNc1nc(N(CCOC)CC(C)C)c2ccsc2n1. The molecule has 0 aliphatic carbocycles. The molecule has 2 aromatic rings. The first-order valence-corrected chi connectivity index (χ1v) is 7.70. The van der Waals surface area contributed by atoms with E-state index in [0.717, 1.165) is 29.1 Å². The van der Waals surface area contributed by atoms with Gasteiger partial charge < -0.3 is 15.0 Å². The van der Waals surface area contributed by atoms with Crippen molar-refractivity contribution in [3.05, 3.63) is 11.4 Å². The number of nitrogens with zero attached hydrogens (tertiary/aromatic N) is 3. The third-order valence-corrected chi connectivity index (χ3v) is 3.79. The lowest BCUT2D eigenvalue weighted by atomic mass is 10.2. The van der Waals surface area contributed by atoms with E-state index in [2.05, 4.69) is 45.5 Å². The first kappa shape index (κ1) is 15.0. The lowest BCUT2D eigenvalue weighted by molar-refractivity contribution is 0.204. The van der Waals surface area contributed by atoms with E-state index < -0.39 is 0 Å². The summed E-state index contributed by atoms with van der Waals surface area (Å²) in [6.07, 6.45) is 0. The highest BCUT2D eigenvalue weighted by Gasteiger charge is 2.16. The van der Waals surface area contributed by atoms with Crippen molar-refractivity contribution in [2.45, 2.75) is 13.8 Å². The highest BCUT2D eigenvalue weighted by Crippen LogP contribution is 2.29. The summed E-state index contributed by atoms with van der Waals surface area (Å²) >= 11 is 1.64. The van der Waals surface area contributed by atoms with Crippen molar-refractivity contribution >= 4 is 33.3 Å². The van der Waals surface area contributed by atoms with E-state index in [-0.39, 0.29) is 0 Å². The highest BCUT2D eigenvalue weighted by atomic mass is 32.1. The minimum Gasteiger partial charge on any atom is -0.383 e. The molecule has 0 amide bonds. The third kappa shape index (κ3) is 3.37. The molecule has 0 saturated carbocycles. The molecule has 0 fully saturated rings. The van der Waals surface area contributed by atoms with Crippen LogP contribution in [0.25, 0.3) is 10.2 Å². The summed E-state index contributed by atoms with van der Waals surface area (Å²) in [7, 11) is 3.58. The molecule has 20 heavy (non-hydrogen) atoms. The molecule has 6 heteroatoms. The van der Waals surface area contributed by atoms with E-state index in [1.54, 1.807) is 18.4 Å². The normalized spacial score (nSPS) is 11.2. The smallest absolute Gasteiger partial charge is 0.225 e. The van der Waals surface area contributed by atoms with Crippen LogP contribution in [0.3, 0.4) is 0 Å². The van der Waals surface area contributed by atoms with Crippen LogP contribution in [-0.2, 0) is 4.74 Å². The number of fused-ring (bicyclic) bond motifs is 1. The molecule has 0 bridgehead atoms. The Balaban J connectivity index is 2.41. The van der Waals surface area contributed by atoms with Gasteiger partial charge in [0.15, 0.2) is 0 Å². The molecule has 0 radical (unpaired) electrons. The van der Waals surface area contributed by atoms with Crippen molar-refractivity contribution in [3.8, 4) is 0 Å². The third-order valence-electron chi connectivity index (χ3n) is 2.98.